The zero-order chi connectivity index (χ0) is 14.2. The highest BCUT2D eigenvalue weighted by molar-refractivity contribution is 9.10. The van der Waals surface area contributed by atoms with Crippen molar-refractivity contribution in [2.45, 2.75) is 44.6 Å². The van der Waals surface area contributed by atoms with Crippen molar-refractivity contribution in [1.82, 2.24) is 5.32 Å². The number of benzene rings is 1. The van der Waals surface area contributed by atoms with Crippen molar-refractivity contribution in [3.8, 4) is 6.07 Å². The Bertz CT molecular complexity index is 459. The van der Waals surface area contributed by atoms with Gasteiger partial charge >= 0.3 is 0 Å². The first-order valence-electron chi connectivity index (χ1n) is 7.46. The van der Waals surface area contributed by atoms with Gasteiger partial charge in [-0.15, -0.1) is 0 Å². The molecule has 1 aromatic rings. The maximum Gasteiger partial charge on any atom is 0.101 e. The molecule has 4 heteroatoms. The Hall–Kier alpha value is -1.05. The Labute approximate surface area is 129 Å². The van der Waals surface area contributed by atoms with Crippen molar-refractivity contribution in [2.75, 3.05) is 18.4 Å². The smallest absolute Gasteiger partial charge is 0.101 e. The molecule has 0 aliphatic heterocycles. The third-order valence-electron chi connectivity index (χ3n) is 3.83. The molecule has 0 aromatic heterocycles. The number of nitrogens with one attached hydrogen (secondary N) is 2. The van der Waals surface area contributed by atoms with E-state index in [0.29, 0.717) is 11.6 Å². The van der Waals surface area contributed by atoms with Crippen LogP contribution in [0.25, 0.3) is 0 Å². The Morgan fingerprint density at radius 3 is 2.60 bits per heavy atom. The zero-order valence-electron chi connectivity index (χ0n) is 11.8. The lowest BCUT2D eigenvalue weighted by Crippen LogP contribution is -2.32. The van der Waals surface area contributed by atoms with Gasteiger partial charge in [0.2, 0.25) is 0 Å². The summed E-state index contributed by atoms with van der Waals surface area (Å²) in [5.41, 5.74) is 1.60. The van der Waals surface area contributed by atoms with Gasteiger partial charge in [-0.05, 0) is 31.0 Å². The van der Waals surface area contributed by atoms with E-state index < -0.39 is 0 Å². The Kier molecular flexibility index (Phi) is 6.35. The number of halogens is 1. The van der Waals surface area contributed by atoms with Crippen LogP contribution in [0.15, 0.2) is 22.7 Å². The van der Waals surface area contributed by atoms with E-state index >= 15 is 0 Å². The third-order valence-corrected chi connectivity index (χ3v) is 4.32. The fourth-order valence-corrected chi connectivity index (χ4v) is 3.08. The van der Waals surface area contributed by atoms with Crippen LogP contribution >= 0.6 is 15.9 Å². The first-order valence-corrected chi connectivity index (χ1v) is 8.26. The predicted molar refractivity (Wildman–Crippen MR) is 86.8 cm³/mol. The normalized spacial score (nSPS) is 16.4. The molecule has 0 unspecified atom stereocenters. The molecule has 2 rings (SSSR count). The van der Waals surface area contributed by atoms with E-state index in [1.54, 1.807) is 0 Å². The number of anilines is 1. The van der Waals surface area contributed by atoms with Crippen molar-refractivity contribution in [3.63, 3.8) is 0 Å². The molecule has 1 saturated carbocycles. The lowest BCUT2D eigenvalue weighted by molar-refractivity contribution is 0.468. The molecule has 1 aliphatic carbocycles. The maximum atomic E-state index is 9.08. The Balaban J connectivity index is 1.75. The van der Waals surface area contributed by atoms with Crippen LogP contribution in [-0.2, 0) is 0 Å². The summed E-state index contributed by atoms with van der Waals surface area (Å²) >= 11 is 3.44. The van der Waals surface area contributed by atoms with E-state index in [1.165, 1.54) is 38.5 Å². The summed E-state index contributed by atoms with van der Waals surface area (Å²) in [6.07, 6.45) is 8.10. The molecule has 0 amide bonds. The minimum absolute atomic E-state index is 0.678. The predicted octanol–water partition coefficient (Wildman–Crippen LogP) is 4.05. The van der Waals surface area contributed by atoms with Gasteiger partial charge in [0.05, 0.1) is 11.3 Å². The second kappa shape index (κ2) is 8.28. The minimum atomic E-state index is 0.678. The van der Waals surface area contributed by atoms with Gasteiger partial charge in [0.1, 0.15) is 6.07 Å². The largest absolute Gasteiger partial charge is 0.383 e. The molecule has 0 bridgehead atoms. The minimum Gasteiger partial charge on any atom is -0.383 e. The molecule has 0 spiro atoms. The SMILES string of the molecule is N#Cc1ccc(Br)cc1NCCNC1CCCCCC1. The van der Waals surface area contributed by atoms with Gasteiger partial charge in [-0.2, -0.15) is 5.26 Å². The second-order valence-corrected chi connectivity index (χ2v) is 6.29. The van der Waals surface area contributed by atoms with Crippen LogP contribution in [0.1, 0.15) is 44.1 Å². The maximum absolute atomic E-state index is 9.08. The van der Waals surface area contributed by atoms with Crippen molar-refractivity contribution in [3.05, 3.63) is 28.2 Å². The molecule has 0 saturated heterocycles. The number of hydrogen-bond donors (Lipinski definition) is 2. The molecule has 0 radical (unpaired) electrons. The molecule has 1 aliphatic rings. The van der Waals surface area contributed by atoms with Gasteiger partial charge in [-0.25, -0.2) is 0 Å². The summed E-state index contributed by atoms with van der Waals surface area (Å²) < 4.78 is 0.996. The lowest BCUT2D eigenvalue weighted by Gasteiger charge is -2.17. The monoisotopic (exact) mass is 335 g/mol. The first-order chi connectivity index (χ1) is 9.79. The van der Waals surface area contributed by atoms with Crippen LogP contribution in [0, 0.1) is 11.3 Å². The molecule has 0 atom stereocenters. The Morgan fingerprint density at radius 2 is 1.90 bits per heavy atom. The molecule has 1 aromatic carbocycles. The van der Waals surface area contributed by atoms with Crippen molar-refractivity contribution >= 4 is 21.6 Å². The highest BCUT2D eigenvalue weighted by Crippen LogP contribution is 2.20. The van der Waals surface area contributed by atoms with Gasteiger partial charge < -0.3 is 10.6 Å². The van der Waals surface area contributed by atoms with E-state index in [9.17, 15) is 0 Å². The van der Waals surface area contributed by atoms with Crippen LogP contribution in [0.4, 0.5) is 5.69 Å². The number of rotatable bonds is 5. The van der Waals surface area contributed by atoms with E-state index in [2.05, 4.69) is 32.6 Å². The zero-order valence-corrected chi connectivity index (χ0v) is 13.4. The fraction of sp³-hybridized carbons (Fsp3) is 0.562. The van der Waals surface area contributed by atoms with E-state index in [-0.39, 0.29) is 0 Å². The summed E-state index contributed by atoms with van der Waals surface area (Å²) in [5, 5.41) is 16.1. The molecule has 3 nitrogen and oxygen atoms in total. The average Bonchev–Trinajstić information content (AvgIpc) is 2.72. The first kappa shape index (κ1) is 15.3. The van der Waals surface area contributed by atoms with Crippen LogP contribution in [0.2, 0.25) is 0 Å². The number of nitriles is 1. The van der Waals surface area contributed by atoms with Crippen LogP contribution in [0.3, 0.4) is 0 Å². The number of nitrogens with zero attached hydrogens (tertiary/aromatic N) is 1. The topological polar surface area (TPSA) is 47.9 Å². The standard InChI is InChI=1S/C16H22BrN3/c17-14-8-7-13(12-18)16(11-14)20-10-9-19-15-5-3-1-2-4-6-15/h7-8,11,15,19-20H,1-6,9-10H2. The molecule has 20 heavy (non-hydrogen) atoms. The molecular formula is C16H22BrN3. The molecule has 0 heterocycles. The highest BCUT2D eigenvalue weighted by atomic mass is 79.9. The van der Waals surface area contributed by atoms with Gasteiger partial charge in [-0.1, -0.05) is 41.6 Å². The van der Waals surface area contributed by atoms with Crippen molar-refractivity contribution < 1.29 is 0 Å². The van der Waals surface area contributed by atoms with Gasteiger partial charge in [0, 0.05) is 23.6 Å². The van der Waals surface area contributed by atoms with Crippen LogP contribution < -0.4 is 10.6 Å². The van der Waals surface area contributed by atoms with E-state index in [0.717, 1.165) is 23.2 Å². The lowest BCUT2D eigenvalue weighted by atomic mass is 10.1. The van der Waals surface area contributed by atoms with Crippen LogP contribution in [0.5, 0.6) is 0 Å². The molecular weight excluding hydrogens is 314 g/mol. The summed E-state index contributed by atoms with van der Waals surface area (Å²) in [6, 6.07) is 8.59. The fourth-order valence-electron chi connectivity index (χ4n) is 2.72. The van der Waals surface area contributed by atoms with Crippen molar-refractivity contribution in [2.24, 2.45) is 0 Å². The Morgan fingerprint density at radius 1 is 1.15 bits per heavy atom. The van der Waals surface area contributed by atoms with Crippen molar-refractivity contribution in [1.29, 1.82) is 5.26 Å². The molecule has 1 fully saturated rings. The van der Waals surface area contributed by atoms with E-state index in [1.807, 2.05) is 18.2 Å². The second-order valence-electron chi connectivity index (χ2n) is 5.37. The average molecular weight is 336 g/mol. The van der Waals surface area contributed by atoms with Gasteiger partial charge in [0.15, 0.2) is 0 Å². The van der Waals surface area contributed by atoms with Gasteiger partial charge in [0.25, 0.3) is 0 Å². The van der Waals surface area contributed by atoms with Gasteiger partial charge in [-0.3, -0.25) is 0 Å². The molecule has 108 valence electrons. The highest BCUT2D eigenvalue weighted by Gasteiger charge is 2.10. The summed E-state index contributed by atoms with van der Waals surface area (Å²) in [7, 11) is 0. The quantitative estimate of drug-likeness (QED) is 0.630. The summed E-state index contributed by atoms with van der Waals surface area (Å²) in [5.74, 6) is 0. The molecule has 2 N–H and O–H groups in total. The number of hydrogen-bond acceptors (Lipinski definition) is 3. The summed E-state index contributed by atoms with van der Waals surface area (Å²) in [4.78, 5) is 0. The summed E-state index contributed by atoms with van der Waals surface area (Å²) in [6.45, 7) is 1.80. The third kappa shape index (κ3) is 4.81. The van der Waals surface area contributed by atoms with E-state index in [4.69, 9.17) is 5.26 Å². The van der Waals surface area contributed by atoms with Crippen LogP contribution in [-0.4, -0.2) is 19.1 Å².